The number of carbonyl (C=O) groups excluding carboxylic acids is 1. The van der Waals surface area contributed by atoms with E-state index in [9.17, 15) is 4.79 Å². The largest absolute Gasteiger partial charge is 0.383 e. The quantitative estimate of drug-likeness (QED) is 0.679. The van der Waals surface area contributed by atoms with Crippen LogP contribution in [0.3, 0.4) is 0 Å². The average molecular weight is 345 g/mol. The summed E-state index contributed by atoms with van der Waals surface area (Å²) < 4.78 is 5.06. The van der Waals surface area contributed by atoms with Gasteiger partial charge in [-0.05, 0) is 37.9 Å². The molecular weight excluding hydrogens is 323 g/mol. The average Bonchev–Trinajstić information content (AvgIpc) is 2.48. The van der Waals surface area contributed by atoms with E-state index in [0.717, 1.165) is 12.1 Å². The highest BCUT2D eigenvalue weighted by Crippen LogP contribution is 2.23. The van der Waals surface area contributed by atoms with Gasteiger partial charge in [-0.15, -0.1) is 0 Å². The molecule has 0 N–H and O–H groups in total. The van der Waals surface area contributed by atoms with Crippen LogP contribution in [-0.4, -0.2) is 63.2 Å². The Bertz CT molecular complexity index is 519. The molecule has 0 radical (unpaired) electrons. The van der Waals surface area contributed by atoms with Crippen molar-refractivity contribution in [1.82, 2.24) is 9.80 Å². The van der Waals surface area contributed by atoms with Crippen molar-refractivity contribution in [2.24, 2.45) is 0 Å². The predicted octanol–water partition coefficient (Wildman–Crippen LogP) is 3.04. The lowest BCUT2D eigenvalue weighted by molar-refractivity contribution is -0.126. The predicted molar refractivity (Wildman–Crippen MR) is 92.5 cm³/mol. The SMILES string of the molecule is COCCN(CCN(C)C)C(=O)/C=C/c1ccc(Cl)c(Cl)c1. The molecule has 122 valence electrons. The van der Waals surface area contributed by atoms with Crippen LogP contribution in [0.25, 0.3) is 6.08 Å². The van der Waals surface area contributed by atoms with Crippen LogP contribution in [0, 0.1) is 0 Å². The van der Waals surface area contributed by atoms with Crippen molar-refractivity contribution in [2.75, 3.05) is 47.4 Å². The molecule has 22 heavy (non-hydrogen) atoms. The molecule has 0 saturated carbocycles. The van der Waals surface area contributed by atoms with E-state index in [1.165, 1.54) is 0 Å². The van der Waals surface area contributed by atoms with E-state index in [2.05, 4.69) is 0 Å². The minimum atomic E-state index is -0.0510. The van der Waals surface area contributed by atoms with Gasteiger partial charge in [0.25, 0.3) is 0 Å². The summed E-state index contributed by atoms with van der Waals surface area (Å²) in [7, 11) is 5.58. The molecule has 0 heterocycles. The maximum Gasteiger partial charge on any atom is 0.246 e. The van der Waals surface area contributed by atoms with Crippen molar-refractivity contribution in [3.8, 4) is 0 Å². The van der Waals surface area contributed by atoms with E-state index in [0.29, 0.717) is 29.7 Å². The summed E-state index contributed by atoms with van der Waals surface area (Å²) in [4.78, 5) is 16.1. The maximum absolute atomic E-state index is 12.3. The molecule has 0 atom stereocenters. The Kier molecular flexibility index (Phi) is 8.49. The van der Waals surface area contributed by atoms with Gasteiger partial charge in [0.2, 0.25) is 5.91 Å². The lowest BCUT2D eigenvalue weighted by Gasteiger charge is -2.22. The number of hydrogen-bond acceptors (Lipinski definition) is 3. The molecule has 0 aliphatic heterocycles. The Morgan fingerprint density at radius 2 is 1.91 bits per heavy atom. The molecule has 1 rings (SSSR count). The van der Waals surface area contributed by atoms with Crippen molar-refractivity contribution in [3.05, 3.63) is 39.9 Å². The van der Waals surface area contributed by atoms with Gasteiger partial charge in [-0.1, -0.05) is 29.3 Å². The lowest BCUT2D eigenvalue weighted by atomic mass is 10.2. The van der Waals surface area contributed by atoms with E-state index in [1.54, 1.807) is 36.3 Å². The molecule has 6 heteroatoms. The number of rotatable bonds is 8. The lowest BCUT2D eigenvalue weighted by Crippen LogP contribution is -2.37. The fourth-order valence-electron chi connectivity index (χ4n) is 1.74. The molecule has 0 aliphatic rings. The molecule has 0 aliphatic carbocycles. The van der Waals surface area contributed by atoms with Gasteiger partial charge in [-0.3, -0.25) is 4.79 Å². The summed E-state index contributed by atoms with van der Waals surface area (Å²) in [6, 6.07) is 5.26. The van der Waals surface area contributed by atoms with Gasteiger partial charge < -0.3 is 14.5 Å². The van der Waals surface area contributed by atoms with Crippen LogP contribution in [0.2, 0.25) is 10.0 Å². The van der Waals surface area contributed by atoms with Gasteiger partial charge in [0.15, 0.2) is 0 Å². The second-order valence-electron chi connectivity index (χ2n) is 5.13. The van der Waals surface area contributed by atoms with Crippen LogP contribution < -0.4 is 0 Å². The van der Waals surface area contributed by atoms with Crippen molar-refractivity contribution >= 4 is 35.2 Å². The van der Waals surface area contributed by atoms with E-state index in [-0.39, 0.29) is 5.91 Å². The first kappa shape index (κ1) is 19.0. The number of ether oxygens (including phenoxy) is 1. The zero-order valence-electron chi connectivity index (χ0n) is 13.2. The summed E-state index contributed by atoms with van der Waals surface area (Å²) in [6.45, 7) is 2.53. The third-order valence-corrected chi connectivity index (χ3v) is 3.80. The van der Waals surface area contributed by atoms with Crippen LogP contribution in [-0.2, 0) is 9.53 Å². The van der Waals surface area contributed by atoms with Crippen LogP contribution >= 0.6 is 23.2 Å². The third-order valence-electron chi connectivity index (χ3n) is 3.06. The highest BCUT2D eigenvalue weighted by Gasteiger charge is 2.10. The molecule has 0 bridgehead atoms. The van der Waals surface area contributed by atoms with Crippen LogP contribution in [0.1, 0.15) is 5.56 Å². The van der Waals surface area contributed by atoms with Gasteiger partial charge in [-0.25, -0.2) is 0 Å². The molecule has 4 nitrogen and oxygen atoms in total. The second kappa shape index (κ2) is 9.85. The van der Waals surface area contributed by atoms with Gasteiger partial charge in [0, 0.05) is 32.8 Å². The van der Waals surface area contributed by atoms with Crippen molar-refractivity contribution in [2.45, 2.75) is 0 Å². The number of carbonyl (C=O) groups is 1. The van der Waals surface area contributed by atoms with Crippen LogP contribution in [0.5, 0.6) is 0 Å². The first-order valence-corrected chi connectivity index (χ1v) is 7.75. The molecule has 0 fully saturated rings. The molecule has 1 amide bonds. The molecule has 1 aromatic rings. The smallest absolute Gasteiger partial charge is 0.246 e. The van der Waals surface area contributed by atoms with E-state index in [4.69, 9.17) is 27.9 Å². The van der Waals surface area contributed by atoms with Crippen molar-refractivity contribution < 1.29 is 9.53 Å². The number of methoxy groups -OCH3 is 1. The number of likely N-dealkylation sites (N-methyl/N-ethyl adjacent to an activating group) is 1. The number of nitrogens with zero attached hydrogens (tertiary/aromatic N) is 2. The van der Waals surface area contributed by atoms with Gasteiger partial charge in [0.05, 0.1) is 16.7 Å². The van der Waals surface area contributed by atoms with E-state index >= 15 is 0 Å². The van der Waals surface area contributed by atoms with Gasteiger partial charge >= 0.3 is 0 Å². The van der Waals surface area contributed by atoms with Crippen LogP contribution in [0.15, 0.2) is 24.3 Å². The zero-order valence-corrected chi connectivity index (χ0v) is 14.7. The van der Waals surface area contributed by atoms with Gasteiger partial charge in [-0.2, -0.15) is 0 Å². The third kappa shape index (κ3) is 6.79. The fourth-order valence-corrected chi connectivity index (χ4v) is 2.05. The van der Waals surface area contributed by atoms with Crippen molar-refractivity contribution in [3.63, 3.8) is 0 Å². The second-order valence-corrected chi connectivity index (χ2v) is 5.94. The summed E-state index contributed by atoms with van der Waals surface area (Å²) in [5.74, 6) is -0.0510. The first-order valence-electron chi connectivity index (χ1n) is 6.99. The number of benzene rings is 1. The highest BCUT2D eigenvalue weighted by atomic mass is 35.5. The number of hydrogen-bond donors (Lipinski definition) is 0. The molecule has 0 saturated heterocycles. The molecule has 1 aromatic carbocycles. The zero-order chi connectivity index (χ0) is 16.5. The Labute approximate surface area is 142 Å². The Hall–Kier alpha value is -1.07. The highest BCUT2D eigenvalue weighted by molar-refractivity contribution is 6.42. The minimum absolute atomic E-state index is 0.0510. The summed E-state index contributed by atoms with van der Waals surface area (Å²) >= 11 is 11.8. The molecule has 0 aromatic heterocycles. The fraction of sp³-hybridized carbons (Fsp3) is 0.438. The maximum atomic E-state index is 12.3. The van der Waals surface area contributed by atoms with E-state index < -0.39 is 0 Å². The van der Waals surface area contributed by atoms with Crippen molar-refractivity contribution in [1.29, 1.82) is 0 Å². The Morgan fingerprint density at radius 3 is 2.50 bits per heavy atom. The minimum Gasteiger partial charge on any atom is -0.383 e. The van der Waals surface area contributed by atoms with Crippen LogP contribution in [0.4, 0.5) is 0 Å². The summed E-state index contributed by atoms with van der Waals surface area (Å²) in [6.07, 6.45) is 3.28. The monoisotopic (exact) mass is 344 g/mol. The van der Waals surface area contributed by atoms with E-state index in [1.807, 2.05) is 25.1 Å². The Balaban J connectivity index is 2.70. The molecular formula is C16H22Cl2N2O2. The van der Waals surface area contributed by atoms with Gasteiger partial charge in [0.1, 0.15) is 0 Å². The Morgan fingerprint density at radius 1 is 1.18 bits per heavy atom. The topological polar surface area (TPSA) is 32.8 Å². The number of amides is 1. The molecule has 0 spiro atoms. The number of halogens is 2. The summed E-state index contributed by atoms with van der Waals surface area (Å²) in [5.41, 5.74) is 0.835. The summed E-state index contributed by atoms with van der Waals surface area (Å²) in [5, 5.41) is 0.970. The first-order chi connectivity index (χ1) is 10.4. The molecule has 0 unspecified atom stereocenters. The standard InChI is InChI=1S/C16H22Cl2N2O2/c1-19(2)8-9-20(10-11-22-3)16(21)7-5-13-4-6-14(17)15(18)12-13/h4-7,12H,8-11H2,1-3H3/b7-5+. The normalized spacial score (nSPS) is 11.4.